The van der Waals surface area contributed by atoms with Crippen LogP contribution >= 0.6 is 0 Å². The number of rotatable bonds is 9. The van der Waals surface area contributed by atoms with Crippen LogP contribution in [0, 0.1) is 35.0 Å². The van der Waals surface area contributed by atoms with Crippen LogP contribution in [0.25, 0.3) is 0 Å². The Morgan fingerprint density at radius 3 is 2.22 bits per heavy atom. The van der Waals surface area contributed by atoms with Crippen LogP contribution in [0.2, 0.25) is 0 Å². The highest BCUT2D eigenvalue weighted by molar-refractivity contribution is 5.78. The minimum atomic E-state index is -1.73. The highest BCUT2D eigenvalue weighted by Gasteiger charge is 2.56. The van der Waals surface area contributed by atoms with E-state index in [1.807, 2.05) is 34.6 Å². The molecule has 0 saturated carbocycles. The average Bonchev–Trinajstić information content (AvgIpc) is 2.81. The normalized spacial score (nSPS) is 35.5. The molecule has 2 unspecified atom stereocenters. The summed E-state index contributed by atoms with van der Waals surface area (Å²) in [4.78, 5) is 36.6. The van der Waals surface area contributed by atoms with E-state index in [0.29, 0.717) is 6.61 Å². The van der Waals surface area contributed by atoms with Gasteiger partial charge in [-0.25, -0.2) is 4.79 Å². The quantitative estimate of drug-likeness (QED) is 0.205. The Morgan fingerprint density at radius 1 is 1.03 bits per heavy atom. The van der Waals surface area contributed by atoms with E-state index in [-0.39, 0.29) is 42.6 Å². The lowest BCUT2D eigenvalue weighted by Crippen LogP contribution is -2.61. The van der Waals surface area contributed by atoms with Crippen molar-refractivity contribution in [2.24, 2.45) is 29.6 Å². The van der Waals surface area contributed by atoms with Crippen LogP contribution in [0.15, 0.2) is 0 Å². The number of hydrogen-bond acceptors (Lipinski definition) is 11. The van der Waals surface area contributed by atoms with Gasteiger partial charge in [-0.15, -0.1) is 0 Å². The fourth-order valence-electron chi connectivity index (χ4n) is 5.15. The summed E-state index contributed by atoms with van der Waals surface area (Å²) in [5.41, 5.74) is 0. The molecule has 0 aromatic heterocycles. The van der Waals surface area contributed by atoms with Gasteiger partial charge in [0.1, 0.15) is 12.7 Å². The van der Waals surface area contributed by atoms with Gasteiger partial charge in [-0.2, -0.15) is 0 Å². The van der Waals surface area contributed by atoms with Gasteiger partial charge in [0, 0.05) is 44.9 Å². The molecule has 2 rings (SSSR count). The van der Waals surface area contributed by atoms with Gasteiger partial charge in [0.25, 0.3) is 5.79 Å². The zero-order chi connectivity index (χ0) is 28.1. The first-order valence-corrected chi connectivity index (χ1v) is 12.8. The van der Waals surface area contributed by atoms with Crippen molar-refractivity contribution in [1.82, 2.24) is 0 Å². The molecule has 212 valence electrons. The molecular formula is C26H43NO10. The predicted molar refractivity (Wildman–Crippen MR) is 131 cm³/mol. The molecule has 2 aliphatic rings. The largest absolute Gasteiger partial charge is 0.465 e. The van der Waals surface area contributed by atoms with Crippen molar-refractivity contribution in [3.63, 3.8) is 0 Å². The van der Waals surface area contributed by atoms with E-state index in [4.69, 9.17) is 38.6 Å². The van der Waals surface area contributed by atoms with Gasteiger partial charge in [0.05, 0.1) is 25.9 Å². The Morgan fingerprint density at radius 2 is 1.68 bits per heavy atom. The maximum atomic E-state index is 13.3. The van der Waals surface area contributed by atoms with Crippen molar-refractivity contribution in [2.75, 3.05) is 20.3 Å². The number of ether oxygens (including phenoxy) is 7. The summed E-state index contributed by atoms with van der Waals surface area (Å²) in [6, 6.07) is 0. The van der Waals surface area contributed by atoms with Crippen molar-refractivity contribution in [1.29, 1.82) is 5.41 Å². The standard InChI is InChI=1S/C26H43NO10/c1-13-10-26(25(30)31-9,36-22-14(2)11-33-24(17(22)5)34-18(6)27)37-23(15(13)3)16(4)21(35-20(8)29)12-32-19(7)28/h13-17,21-24,27H,10-12H2,1-9H3/t13?,14-,15+,16+,17-,21+,22-,23+,24?,26+/m0/s1. The lowest BCUT2D eigenvalue weighted by atomic mass is 9.76. The second-order valence-electron chi connectivity index (χ2n) is 10.5. The summed E-state index contributed by atoms with van der Waals surface area (Å²) in [6.07, 6.45) is -2.34. The summed E-state index contributed by atoms with van der Waals surface area (Å²) < 4.78 is 40.2. The minimum Gasteiger partial charge on any atom is -0.465 e. The van der Waals surface area contributed by atoms with E-state index >= 15 is 0 Å². The van der Waals surface area contributed by atoms with Crippen molar-refractivity contribution >= 4 is 23.8 Å². The van der Waals surface area contributed by atoms with E-state index in [0.717, 1.165) is 0 Å². The highest BCUT2D eigenvalue weighted by Crippen LogP contribution is 2.44. The molecule has 0 bridgehead atoms. The second kappa shape index (κ2) is 13.0. The Balaban J connectivity index is 2.40. The summed E-state index contributed by atoms with van der Waals surface area (Å²) in [5, 5.41) is 7.69. The maximum absolute atomic E-state index is 13.3. The van der Waals surface area contributed by atoms with Gasteiger partial charge in [0.2, 0.25) is 6.29 Å². The smallest absolute Gasteiger partial charge is 0.366 e. The number of nitrogens with one attached hydrogen (secondary N) is 1. The Kier molecular flexibility index (Phi) is 10.9. The topological polar surface area (TPSA) is 140 Å². The molecule has 2 saturated heterocycles. The number of hydrogen-bond donors (Lipinski definition) is 1. The van der Waals surface area contributed by atoms with Gasteiger partial charge in [-0.3, -0.25) is 15.0 Å². The van der Waals surface area contributed by atoms with Gasteiger partial charge in [-0.05, 0) is 11.8 Å². The predicted octanol–water partition coefficient (Wildman–Crippen LogP) is 3.08. The van der Waals surface area contributed by atoms with Gasteiger partial charge < -0.3 is 33.2 Å². The molecule has 1 N–H and O–H groups in total. The minimum absolute atomic E-state index is 0.0161. The Bertz CT molecular complexity index is 834. The molecule has 2 heterocycles. The molecule has 10 atom stereocenters. The monoisotopic (exact) mass is 529 g/mol. The van der Waals surface area contributed by atoms with E-state index in [1.165, 1.54) is 27.9 Å². The molecule has 11 heteroatoms. The molecule has 2 aliphatic heterocycles. The lowest BCUT2D eigenvalue weighted by molar-refractivity contribution is -0.341. The summed E-state index contributed by atoms with van der Waals surface area (Å²) in [7, 11) is 1.28. The fourth-order valence-corrected chi connectivity index (χ4v) is 5.15. The Labute approximate surface area is 219 Å². The van der Waals surface area contributed by atoms with Crippen LogP contribution in [0.3, 0.4) is 0 Å². The van der Waals surface area contributed by atoms with Gasteiger partial charge in [0.15, 0.2) is 5.90 Å². The third kappa shape index (κ3) is 7.64. The molecule has 0 aromatic carbocycles. The third-order valence-corrected chi connectivity index (χ3v) is 7.35. The van der Waals surface area contributed by atoms with Crippen LogP contribution < -0.4 is 0 Å². The molecule has 11 nitrogen and oxygen atoms in total. The molecule has 0 radical (unpaired) electrons. The molecular weight excluding hydrogens is 486 g/mol. The van der Waals surface area contributed by atoms with Crippen LogP contribution in [0.5, 0.6) is 0 Å². The SMILES string of the molecule is COC(=O)[C@@]1(O[C@@H]2[C@H](C)C(OC(C)=N)OC[C@@H]2C)CC(C)[C@@H](C)[C@H]([C@H](C)[C@@H](COC(C)=O)OC(C)=O)O1. The van der Waals surface area contributed by atoms with E-state index in [1.54, 1.807) is 0 Å². The third-order valence-electron chi connectivity index (χ3n) is 7.35. The first-order valence-electron chi connectivity index (χ1n) is 12.8. The first-order chi connectivity index (χ1) is 17.2. The molecule has 37 heavy (non-hydrogen) atoms. The number of carbonyl (C=O) groups is 3. The van der Waals surface area contributed by atoms with Crippen molar-refractivity contribution in [3.8, 4) is 0 Å². The molecule has 0 spiro atoms. The van der Waals surface area contributed by atoms with Crippen molar-refractivity contribution in [3.05, 3.63) is 0 Å². The highest BCUT2D eigenvalue weighted by atomic mass is 16.7. The lowest BCUT2D eigenvalue weighted by Gasteiger charge is -2.50. The van der Waals surface area contributed by atoms with Crippen LogP contribution in [0.1, 0.15) is 61.8 Å². The number of carbonyl (C=O) groups excluding carboxylic acids is 3. The summed E-state index contributed by atoms with van der Waals surface area (Å²) in [5.74, 6) is -4.35. The molecule has 0 aliphatic carbocycles. The van der Waals surface area contributed by atoms with Crippen molar-refractivity contribution < 1.29 is 47.5 Å². The zero-order valence-electron chi connectivity index (χ0n) is 23.4. The summed E-state index contributed by atoms with van der Waals surface area (Å²) in [6.45, 7) is 13.9. The molecule has 0 amide bonds. The van der Waals surface area contributed by atoms with E-state index in [2.05, 4.69) is 0 Å². The molecule has 0 aromatic rings. The maximum Gasteiger partial charge on any atom is 0.366 e. The number of esters is 3. The first kappa shape index (κ1) is 31.0. The van der Waals surface area contributed by atoms with E-state index in [9.17, 15) is 14.4 Å². The van der Waals surface area contributed by atoms with Crippen LogP contribution in [-0.2, 0) is 47.5 Å². The summed E-state index contributed by atoms with van der Waals surface area (Å²) >= 11 is 0. The second-order valence-corrected chi connectivity index (χ2v) is 10.5. The average molecular weight is 530 g/mol. The van der Waals surface area contributed by atoms with Crippen LogP contribution in [-0.4, -0.2) is 74.5 Å². The van der Waals surface area contributed by atoms with Gasteiger partial charge >= 0.3 is 17.9 Å². The van der Waals surface area contributed by atoms with Crippen molar-refractivity contribution in [2.45, 2.75) is 92.2 Å². The van der Waals surface area contributed by atoms with E-state index < -0.39 is 54.2 Å². The number of methoxy groups -OCH3 is 1. The zero-order valence-corrected chi connectivity index (χ0v) is 23.4. The fraction of sp³-hybridized carbons (Fsp3) is 0.846. The Hall–Kier alpha value is -2.24. The van der Waals surface area contributed by atoms with Gasteiger partial charge in [-0.1, -0.05) is 34.6 Å². The van der Waals surface area contributed by atoms with Crippen LogP contribution in [0.4, 0.5) is 0 Å². The molecule has 2 fully saturated rings.